The smallest absolute Gasteiger partial charge is 0.143 e. The van der Waals surface area contributed by atoms with Crippen molar-refractivity contribution >= 4 is 5.78 Å². The van der Waals surface area contributed by atoms with Gasteiger partial charge in [0.05, 0.1) is 6.10 Å². The van der Waals surface area contributed by atoms with Crippen LogP contribution in [-0.4, -0.2) is 18.5 Å². The molecule has 0 aliphatic carbocycles. The van der Waals surface area contributed by atoms with Gasteiger partial charge in [-0.25, -0.2) is 8.78 Å². The van der Waals surface area contributed by atoms with Crippen LogP contribution in [0.2, 0.25) is 0 Å². The first kappa shape index (κ1) is 13.1. The summed E-state index contributed by atoms with van der Waals surface area (Å²) in [6.45, 7) is 2.56. The van der Waals surface area contributed by atoms with Gasteiger partial charge in [0.2, 0.25) is 0 Å². The molecule has 98 valence electrons. The summed E-state index contributed by atoms with van der Waals surface area (Å²) in [7, 11) is 0. The Morgan fingerprint density at radius 2 is 2.00 bits per heavy atom. The molecular weight excluding hydrogens is 238 g/mol. The van der Waals surface area contributed by atoms with Crippen LogP contribution in [0.1, 0.15) is 25.3 Å². The third-order valence-corrected chi connectivity index (χ3v) is 3.33. The SMILES string of the molecule is CCC1OCCC1C(=O)Cc1cc(F)cc(F)c1. The van der Waals surface area contributed by atoms with E-state index in [1.54, 1.807) is 0 Å². The standard InChI is InChI=1S/C14H16F2O2/c1-2-14-12(3-4-18-14)13(17)7-9-5-10(15)8-11(16)6-9/h5-6,8,12,14H,2-4,7H2,1H3. The van der Waals surface area contributed by atoms with Gasteiger partial charge in [0.25, 0.3) is 0 Å². The Bertz CT molecular complexity index is 425. The Labute approximate surface area is 105 Å². The largest absolute Gasteiger partial charge is 0.377 e. The second-order valence-corrected chi connectivity index (χ2v) is 4.63. The van der Waals surface area contributed by atoms with Crippen LogP contribution >= 0.6 is 0 Å². The minimum atomic E-state index is -0.646. The summed E-state index contributed by atoms with van der Waals surface area (Å²) < 4.78 is 31.5. The van der Waals surface area contributed by atoms with Gasteiger partial charge < -0.3 is 4.74 Å². The first-order valence-corrected chi connectivity index (χ1v) is 6.19. The van der Waals surface area contributed by atoms with E-state index < -0.39 is 11.6 Å². The zero-order chi connectivity index (χ0) is 13.1. The molecule has 1 aromatic carbocycles. The molecule has 18 heavy (non-hydrogen) atoms. The van der Waals surface area contributed by atoms with Crippen molar-refractivity contribution in [1.29, 1.82) is 0 Å². The number of Topliss-reactive ketones (excluding diaryl/α,β-unsaturated/α-hetero) is 1. The fraction of sp³-hybridized carbons (Fsp3) is 0.500. The number of halogens is 2. The number of carbonyl (C=O) groups excluding carboxylic acids is 1. The zero-order valence-electron chi connectivity index (χ0n) is 10.3. The van der Waals surface area contributed by atoms with Crippen molar-refractivity contribution in [1.82, 2.24) is 0 Å². The van der Waals surface area contributed by atoms with Crippen LogP contribution < -0.4 is 0 Å². The molecule has 0 amide bonds. The second kappa shape index (κ2) is 5.57. The molecular formula is C14H16F2O2. The van der Waals surface area contributed by atoms with Crippen molar-refractivity contribution in [3.8, 4) is 0 Å². The Kier molecular flexibility index (Phi) is 4.07. The highest BCUT2D eigenvalue weighted by molar-refractivity contribution is 5.84. The Morgan fingerprint density at radius 3 is 2.61 bits per heavy atom. The number of hydrogen-bond acceptors (Lipinski definition) is 2. The van der Waals surface area contributed by atoms with Crippen LogP contribution in [0.5, 0.6) is 0 Å². The maximum Gasteiger partial charge on any atom is 0.143 e. The van der Waals surface area contributed by atoms with Gasteiger partial charge in [-0.05, 0) is 30.5 Å². The first-order chi connectivity index (χ1) is 8.60. The summed E-state index contributed by atoms with van der Waals surface area (Å²) in [5.41, 5.74) is 0.388. The van der Waals surface area contributed by atoms with Crippen molar-refractivity contribution in [3.05, 3.63) is 35.4 Å². The van der Waals surface area contributed by atoms with Gasteiger partial charge in [0.1, 0.15) is 17.4 Å². The third-order valence-electron chi connectivity index (χ3n) is 3.33. The number of ether oxygens (including phenoxy) is 1. The molecule has 1 aliphatic rings. The topological polar surface area (TPSA) is 26.3 Å². The van der Waals surface area contributed by atoms with E-state index in [1.165, 1.54) is 12.1 Å². The number of benzene rings is 1. The molecule has 2 rings (SSSR count). The lowest BCUT2D eigenvalue weighted by molar-refractivity contribution is -0.123. The van der Waals surface area contributed by atoms with Crippen molar-refractivity contribution in [3.63, 3.8) is 0 Å². The molecule has 1 aromatic rings. The molecule has 2 unspecified atom stereocenters. The number of rotatable bonds is 4. The molecule has 0 bridgehead atoms. The normalized spacial score (nSPS) is 23.3. The highest BCUT2D eigenvalue weighted by atomic mass is 19.1. The molecule has 0 N–H and O–H groups in total. The minimum absolute atomic E-state index is 0.00403. The maximum absolute atomic E-state index is 13.0. The monoisotopic (exact) mass is 254 g/mol. The molecule has 0 radical (unpaired) electrons. The summed E-state index contributed by atoms with van der Waals surface area (Å²) >= 11 is 0. The lowest BCUT2D eigenvalue weighted by Gasteiger charge is -2.15. The van der Waals surface area contributed by atoms with E-state index in [2.05, 4.69) is 0 Å². The summed E-state index contributed by atoms with van der Waals surface area (Å²) in [4.78, 5) is 12.1. The van der Waals surface area contributed by atoms with Crippen LogP contribution in [0, 0.1) is 17.6 Å². The molecule has 1 fully saturated rings. The zero-order valence-corrected chi connectivity index (χ0v) is 10.3. The first-order valence-electron chi connectivity index (χ1n) is 6.19. The van der Waals surface area contributed by atoms with E-state index in [0.29, 0.717) is 18.6 Å². The molecule has 2 atom stereocenters. The number of hydrogen-bond donors (Lipinski definition) is 0. The predicted octanol–water partition coefficient (Wildman–Crippen LogP) is 2.89. The third kappa shape index (κ3) is 2.93. The average molecular weight is 254 g/mol. The van der Waals surface area contributed by atoms with E-state index in [1.807, 2.05) is 6.92 Å². The second-order valence-electron chi connectivity index (χ2n) is 4.63. The van der Waals surface area contributed by atoms with Crippen LogP contribution in [0.3, 0.4) is 0 Å². The summed E-state index contributed by atoms with van der Waals surface area (Å²) in [5.74, 6) is -1.43. The molecule has 0 saturated carbocycles. The van der Waals surface area contributed by atoms with Crippen molar-refractivity contribution in [2.24, 2.45) is 5.92 Å². The summed E-state index contributed by atoms with van der Waals surface area (Å²) in [6.07, 6.45) is 1.51. The predicted molar refractivity (Wildman–Crippen MR) is 63.2 cm³/mol. The van der Waals surface area contributed by atoms with Crippen molar-refractivity contribution < 1.29 is 18.3 Å². The Morgan fingerprint density at radius 1 is 1.33 bits per heavy atom. The number of carbonyl (C=O) groups is 1. The van der Waals surface area contributed by atoms with Crippen LogP contribution in [0.25, 0.3) is 0 Å². The van der Waals surface area contributed by atoms with E-state index in [9.17, 15) is 13.6 Å². The molecule has 4 heteroatoms. The van der Waals surface area contributed by atoms with Gasteiger partial charge in [-0.1, -0.05) is 6.92 Å². The van der Waals surface area contributed by atoms with E-state index in [0.717, 1.165) is 12.5 Å². The molecule has 0 spiro atoms. The van der Waals surface area contributed by atoms with Crippen LogP contribution in [0.15, 0.2) is 18.2 Å². The molecule has 1 saturated heterocycles. The van der Waals surface area contributed by atoms with E-state index >= 15 is 0 Å². The van der Waals surface area contributed by atoms with Gasteiger partial charge >= 0.3 is 0 Å². The fourth-order valence-electron chi connectivity index (χ4n) is 2.46. The number of ketones is 1. The quantitative estimate of drug-likeness (QED) is 0.825. The average Bonchev–Trinajstić information content (AvgIpc) is 2.75. The molecule has 2 nitrogen and oxygen atoms in total. The Balaban J connectivity index is 2.06. The van der Waals surface area contributed by atoms with Gasteiger partial charge in [0.15, 0.2) is 0 Å². The van der Waals surface area contributed by atoms with Gasteiger partial charge in [-0.2, -0.15) is 0 Å². The van der Waals surface area contributed by atoms with Crippen LogP contribution in [0.4, 0.5) is 8.78 Å². The lowest BCUT2D eigenvalue weighted by Crippen LogP contribution is -2.25. The lowest BCUT2D eigenvalue weighted by atomic mass is 9.91. The summed E-state index contributed by atoms with van der Waals surface area (Å²) in [5, 5.41) is 0. The highest BCUT2D eigenvalue weighted by Gasteiger charge is 2.32. The van der Waals surface area contributed by atoms with Crippen LogP contribution in [-0.2, 0) is 16.0 Å². The van der Waals surface area contributed by atoms with Gasteiger partial charge in [0, 0.05) is 25.0 Å². The van der Waals surface area contributed by atoms with Gasteiger partial charge in [-0.15, -0.1) is 0 Å². The molecule has 1 heterocycles. The van der Waals surface area contributed by atoms with Crippen molar-refractivity contribution in [2.45, 2.75) is 32.3 Å². The molecule has 0 aromatic heterocycles. The minimum Gasteiger partial charge on any atom is -0.377 e. The van der Waals surface area contributed by atoms with E-state index in [4.69, 9.17) is 4.74 Å². The van der Waals surface area contributed by atoms with Crippen molar-refractivity contribution in [2.75, 3.05) is 6.61 Å². The highest BCUT2D eigenvalue weighted by Crippen LogP contribution is 2.25. The fourth-order valence-corrected chi connectivity index (χ4v) is 2.46. The molecule has 1 aliphatic heterocycles. The van der Waals surface area contributed by atoms with E-state index in [-0.39, 0.29) is 24.2 Å². The Hall–Kier alpha value is -1.29. The van der Waals surface area contributed by atoms with Gasteiger partial charge in [-0.3, -0.25) is 4.79 Å². The maximum atomic E-state index is 13.0. The summed E-state index contributed by atoms with van der Waals surface area (Å²) in [6, 6.07) is 3.22.